The van der Waals surface area contributed by atoms with Gasteiger partial charge in [-0.05, 0) is 62.1 Å². The van der Waals surface area contributed by atoms with Gasteiger partial charge in [0.15, 0.2) is 0 Å². The highest BCUT2D eigenvalue weighted by molar-refractivity contribution is 8.30. The van der Waals surface area contributed by atoms with Crippen LogP contribution in [0.25, 0.3) is 0 Å². The van der Waals surface area contributed by atoms with Crippen LogP contribution in [0.5, 0.6) is 0 Å². The van der Waals surface area contributed by atoms with Gasteiger partial charge in [-0.25, -0.2) is 14.8 Å². The molecule has 0 bridgehead atoms. The molecule has 7 nitrogen and oxygen atoms in total. The van der Waals surface area contributed by atoms with Gasteiger partial charge in [0, 0.05) is 17.4 Å². The number of fused-ring (bicyclic) bond motifs is 1. The Kier molecular flexibility index (Phi) is 6.68. The molecule has 1 unspecified atom stereocenters. The number of aliphatic hydroxyl groups excluding tert-OH is 1. The maximum Gasteiger partial charge on any atom is 0.433 e. The second-order valence-corrected chi connectivity index (χ2v) is 10.5. The molecule has 1 aliphatic heterocycles. The zero-order valence-corrected chi connectivity index (χ0v) is 19.2. The number of amides is 1. The first-order chi connectivity index (χ1) is 16.1. The number of thiol groups is 1. The third kappa shape index (κ3) is 4.80. The molecule has 0 spiro atoms. The Morgan fingerprint density at radius 1 is 1.18 bits per heavy atom. The number of hydrogen-bond acceptors (Lipinski definition) is 5. The largest absolute Gasteiger partial charge is 0.478 e. The second-order valence-electron chi connectivity index (χ2n) is 8.48. The number of benzene rings is 1. The number of alkyl halides is 3. The van der Waals surface area contributed by atoms with E-state index in [1.807, 2.05) is 6.26 Å². The zero-order chi connectivity index (χ0) is 24.6. The number of aromatic carboxylic acids is 1. The van der Waals surface area contributed by atoms with Gasteiger partial charge >= 0.3 is 12.1 Å². The van der Waals surface area contributed by atoms with E-state index in [1.165, 1.54) is 6.07 Å². The van der Waals surface area contributed by atoms with Crippen LogP contribution < -0.4 is 5.32 Å². The number of halogens is 3. The molecule has 34 heavy (non-hydrogen) atoms. The normalized spacial score (nSPS) is 23.2. The summed E-state index contributed by atoms with van der Waals surface area (Å²) in [6.45, 7) is 0.173. The lowest BCUT2D eigenvalue weighted by Gasteiger charge is -2.30. The minimum atomic E-state index is -4.71. The molecular formula is C23H24F3N3O4S. The second kappa shape index (κ2) is 9.38. The van der Waals surface area contributed by atoms with Crippen molar-refractivity contribution in [3.05, 3.63) is 47.3 Å². The number of aliphatic hydroxyl groups is 1. The molecule has 1 aliphatic carbocycles. The first kappa shape index (κ1) is 24.2. The van der Waals surface area contributed by atoms with Gasteiger partial charge in [-0.2, -0.15) is 24.1 Å². The molecule has 182 valence electrons. The highest BCUT2D eigenvalue weighted by Gasteiger charge is 2.34. The van der Waals surface area contributed by atoms with Crippen LogP contribution in [0, 0.1) is 11.8 Å². The number of carbonyl (C=O) groups is 2. The number of nitrogens with zero attached hydrogens (tertiary/aromatic N) is 2. The molecule has 11 heteroatoms. The predicted octanol–water partition coefficient (Wildman–Crippen LogP) is 4.88. The third-order valence-corrected chi connectivity index (χ3v) is 8.51. The number of nitrogens with one attached hydrogen (secondary N) is 1. The Labute approximate surface area is 196 Å². The summed E-state index contributed by atoms with van der Waals surface area (Å²) in [5, 5.41) is 22.5. The van der Waals surface area contributed by atoms with Crippen molar-refractivity contribution in [3.63, 3.8) is 0 Å². The average Bonchev–Trinajstić information content (AvgIpc) is 3.13. The lowest BCUT2D eigenvalue weighted by Crippen LogP contribution is -2.22. The fourth-order valence-corrected chi connectivity index (χ4v) is 6.50. The predicted molar refractivity (Wildman–Crippen MR) is 123 cm³/mol. The number of aliphatic imine (C=N–C) groups is 1. The molecule has 2 aromatic rings. The first-order valence-corrected chi connectivity index (χ1v) is 12.6. The van der Waals surface area contributed by atoms with Crippen LogP contribution in [-0.4, -0.2) is 45.0 Å². The highest BCUT2D eigenvalue weighted by atomic mass is 32.2. The molecule has 1 fully saturated rings. The lowest BCUT2D eigenvalue weighted by atomic mass is 9.83. The van der Waals surface area contributed by atoms with E-state index in [9.17, 15) is 33.0 Å². The molecule has 2 heterocycles. The smallest absolute Gasteiger partial charge is 0.433 e. The van der Waals surface area contributed by atoms with Gasteiger partial charge < -0.3 is 15.5 Å². The van der Waals surface area contributed by atoms with E-state index in [2.05, 4.69) is 10.3 Å². The van der Waals surface area contributed by atoms with Gasteiger partial charge in [0.25, 0.3) is 5.91 Å². The number of pyridine rings is 1. The van der Waals surface area contributed by atoms with Crippen molar-refractivity contribution in [2.24, 2.45) is 16.8 Å². The summed E-state index contributed by atoms with van der Waals surface area (Å²) < 4.78 is 38.9. The summed E-state index contributed by atoms with van der Waals surface area (Å²) in [4.78, 5) is 33.4. The van der Waals surface area contributed by atoms with Crippen LogP contribution in [0.4, 0.5) is 24.5 Å². The van der Waals surface area contributed by atoms with Crippen molar-refractivity contribution < 1.29 is 33.0 Å². The van der Waals surface area contributed by atoms with Crippen LogP contribution in [0.1, 0.15) is 52.2 Å². The van der Waals surface area contributed by atoms with Crippen molar-refractivity contribution >= 4 is 39.2 Å². The van der Waals surface area contributed by atoms with E-state index in [0.29, 0.717) is 11.6 Å². The summed E-state index contributed by atoms with van der Waals surface area (Å²) >= 11 is 0. The minimum absolute atomic E-state index is 0.00903. The number of aromatic nitrogens is 1. The molecule has 1 aromatic carbocycles. The van der Waals surface area contributed by atoms with E-state index in [-0.39, 0.29) is 23.8 Å². The van der Waals surface area contributed by atoms with E-state index in [0.717, 1.165) is 53.8 Å². The van der Waals surface area contributed by atoms with Crippen molar-refractivity contribution in [2.75, 3.05) is 18.2 Å². The zero-order valence-electron chi connectivity index (χ0n) is 18.3. The van der Waals surface area contributed by atoms with Crippen LogP contribution in [0.15, 0.2) is 40.2 Å². The molecule has 1 atom stereocenters. The van der Waals surface area contributed by atoms with Gasteiger partial charge in [-0.1, -0.05) is 6.07 Å². The molecule has 4 rings (SSSR count). The SMILES string of the molecule is C[SH]1C(C2CCC(CO)CC2)=Nc2cc(C(=O)O)c(NC(=O)c3cccc(C(F)(F)F)n3)cc21. The minimum Gasteiger partial charge on any atom is -0.478 e. The Hall–Kier alpha value is -2.92. The average molecular weight is 496 g/mol. The Bertz CT molecular complexity index is 1160. The van der Waals surface area contributed by atoms with E-state index < -0.39 is 40.3 Å². The van der Waals surface area contributed by atoms with Crippen molar-refractivity contribution in [1.29, 1.82) is 0 Å². The monoisotopic (exact) mass is 495 g/mol. The van der Waals surface area contributed by atoms with Crippen molar-refractivity contribution in [1.82, 2.24) is 4.98 Å². The molecule has 0 saturated heterocycles. The van der Waals surface area contributed by atoms with Crippen molar-refractivity contribution in [2.45, 2.75) is 36.8 Å². The van der Waals surface area contributed by atoms with E-state index in [1.54, 1.807) is 6.07 Å². The standard InChI is InChI=1S/C23H24F3N3O4S/c1-34-18-10-16(28-20(31)15-3-2-4-19(27-15)23(24,25)26)14(22(32)33)9-17(18)29-21(34)13-7-5-12(11-30)6-8-13/h2-4,9-10,12-13,30,34H,5-8,11H2,1H3,(H,28,31)(H,32,33). The first-order valence-electron chi connectivity index (χ1n) is 10.8. The van der Waals surface area contributed by atoms with Crippen LogP contribution in [0.2, 0.25) is 0 Å². The van der Waals surface area contributed by atoms with Gasteiger partial charge in [0.1, 0.15) is 11.4 Å². The Balaban J connectivity index is 1.60. The third-order valence-electron chi connectivity index (χ3n) is 6.28. The van der Waals surface area contributed by atoms with Crippen LogP contribution >= 0.6 is 10.9 Å². The molecule has 3 N–H and O–H groups in total. The highest BCUT2D eigenvalue weighted by Crippen LogP contribution is 2.53. The molecule has 1 saturated carbocycles. The number of anilines is 1. The number of carbonyl (C=O) groups excluding carboxylic acids is 1. The van der Waals surface area contributed by atoms with Crippen LogP contribution in [0.3, 0.4) is 0 Å². The fraction of sp³-hybridized carbons (Fsp3) is 0.391. The van der Waals surface area contributed by atoms with Crippen LogP contribution in [-0.2, 0) is 6.18 Å². The number of carboxylic acids is 1. The molecule has 0 radical (unpaired) electrons. The van der Waals surface area contributed by atoms with Gasteiger partial charge in [0.2, 0.25) is 0 Å². The Morgan fingerprint density at radius 3 is 2.50 bits per heavy atom. The van der Waals surface area contributed by atoms with Gasteiger partial charge in [-0.3, -0.25) is 4.79 Å². The summed E-state index contributed by atoms with van der Waals surface area (Å²) in [6, 6.07) is 5.92. The number of rotatable bonds is 5. The molecule has 2 aliphatic rings. The quantitative estimate of drug-likeness (QED) is 0.442. The summed E-state index contributed by atoms with van der Waals surface area (Å²) in [6.07, 6.45) is 0.941. The number of carboxylic acid groups (broad SMARTS) is 1. The maximum atomic E-state index is 13.0. The van der Waals surface area contributed by atoms with Gasteiger partial charge in [-0.15, -0.1) is 0 Å². The summed E-state index contributed by atoms with van der Waals surface area (Å²) in [7, 11) is -0.855. The van der Waals surface area contributed by atoms with Crippen molar-refractivity contribution in [3.8, 4) is 0 Å². The number of hydrogen-bond donors (Lipinski definition) is 4. The van der Waals surface area contributed by atoms with E-state index >= 15 is 0 Å². The maximum absolute atomic E-state index is 13.0. The topological polar surface area (TPSA) is 112 Å². The lowest BCUT2D eigenvalue weighted by molar-refractivity contribution is -0.141. The summed E-state index contributed by atoms with van der Waals surface area (Å²) in [5.74, 6) is -1.67. The van der Waals surface area contributed by atoms with E-state index in [4.69, 9.17) is 4.99 Å². The molecular weight excluding hydrogens is 471 g/mol. The van der Waals surface area contributed by atoms with Gasteiger partial charge in [0.05, 0.1) is 22.0 Å². The molecule has 1 aromatic heterocycles. The molecule has 1 amide bonds. The fourth-order valence-electron chi connectivity index (χ4n) is 4.41. The Morgan fingerprint density at radius 2 is 1.88 bits per heavy atom. The summed E-state index contributed by atoms with van der Waals surface area (Å²) in [5.41, 5.74) is -1.34.